The van der Waals surface area contributed by atoms with Crippen LogP contribution in [0.25, 0.3) is 0 Å². The first kappa shape index (κ1) is 16.4. The Morgan fingerprint density at radius 1 is 1.21 bits per heavy atom. The number of aromatic nitrogens is 2. The van der Waals surface area contributed by atoms with Crippen LogP contribution in [0.4, 0.5) is 0 Å². The molecule has 0 spiro atoms. The van der Waals surface area contributed by atoms with Crippen LogP contribution in [-0.2, 0) is 16.8 Å². The van der Waals surface area contributed by atoms with Gasteiger partial charge in [-0.15, -0.1) is 0 Å². The van der Waals surface area contributed by atoms with E-state index in [0.717, 1.165) is 24.1 Å². The maximum absolute atomic E-state index is 12.2. The highest BCUT2D eigenvalue weighted by molar-refractivity contribution is 5.75. The molecule has 0 saturated heterocycles. The number of benzene rings is 1. The summed E-state index contributed by atoms with van der Waals surface area (Å²) in [7, 11) is 0. The predicted octanol–water partition coefficient (Wildman–Crippen LogP) is 2.21. The molecule has 1 saturated carbocycles. The van der Waals surface area contributed by atoms with Crippen LogP contribution < -0.4 is 10.9 Å². The number of nitrogens with one attached hydrogen (secondary N) is 1. The highest BCUT2D eigenvalue weighted by Crippen LogP contribution is 2.38. The van der Waals surface area contributed by atoms with E-state index in [1.54, 1.807) is 6.07 Å². The molecule has 1 aromatic carbocycles. The number of carbonyl (C=O) groups is 1. The van der Waals surface area contributed by atoms with Crippen molar-refractivity contribution in [3.63, 3.8) is 0 Å². The Morgan fingerprint density at radius 3 is 2.58 bits per heavy atom. The lowest BCUT2D eigenvalue weighted by Gasteiger charge is -2.25. The third-order valence-electron chi connectivity index (χ3n) is 4.46. The standard InChI is InChI=1S/C19H23N3O2/c1-19(2,15-6-4-3-5-7-15)13-20-17(23)12-22-18(24)11-10-16(21-22)14-8-9-14/h3-7,10-11,14H,8-9,12-13H2,1-2H3,(H,20,23). The van der Waals surface area contributed by atoms with Crippen molar-refractivity contribution < 1.29 is 4.79 Å². The van der Waals surface area contributed by atoms with Gasteiger partial charge in [-0.05, 0) is 24.5 Å². The van der Waals surface area contributed by atoms with Gasteiger partial charge in [0.25, 0.3) is 5.56 Å². The van der Waals surface area contributed by atoms with Crippen molar-refractivity contribution >= 4 is 5.91 Å². The average molecular weight is 325 g/mol. The fourth-order valence-corrected chi connectivity index (χ4v) is 2.68. The van der Waals surface area contributed by atoms with Gasteiger partial charge >= 0.3 is 0 Å². The smallest absolute Gasteiger partial charge is 0.267 e. The third kappa shape index (κ3) is 3.91. The molecular weight excluding hydrogens is 302 g/mol. The molecule has 1 fully saturated rings. The second-order valence-corrected chi connectivity index (χ2v) is 7.05. The van der Waals surface area contributed by atoms with Gasteiger partial charge in [0.05, 0.1) is 5.69 Å². The van der Waals surface area contributed by atoms with E-state index < -0.39 is 0 Å². The molecule has 1 amide bonds. The fourth-order valence-electron chi connectivity index (χ4n) is 2.68. The zero-order valence-corrected chi connectivity index (χ0v) is 14.2. The minimum Gasteiger partial charge on any atom is -0.354 e. The van der Waals surface area contributed by atoms with E-state index in [4.69, 9.17) is 0 Å². The summed E-state index contributed by atoms with van der Waals surface area (Å²) in [6, 6.07) is 13.3. The Balaban J connectivity index is 1.62. The molecule has 1 aliphatic rings. The van der Waals surface area contributed by atoms with E-state index in [9.17, 15) is 9.59 Å². The van der Waals surface area contributed by atoms with Crippen LogP contribution in [0.3, 0.4) is 0 Å². The molecule has 0 atom stereocenters. The van der Waals surface area contributed by atoms with Gasteiger partial charge in [0.1, 0.15) is 6.54 Å². The van der Waals surface area contributed by atoms with Crippen molar-refractivity contribution in [3.05, 3.63) is 64.1 Å². The lowest BCUT2D eigenvalue weighted by Crippen LogP contribution is -2.40. The number of amides is 1. The zero-order chi connectivity index (χ0) is 17.2. The summed E-state index contributed by atoms with van der Waals surface area (Å²) >= 11 is 0. The first-order chi connectivity index (χ1) is 11.5. The molecular formula is C19H23N3O2. The quantitative estimate of drug-likeness (QED) is 0.886. The first-order valence-electron chi connectivity index (χ1n) is 8.36. The van der Waals surface area contributed by atoms with Gasteiger partial charge in [-0.1, -0.05) is 44.2 Å². The van der Waals surface area contributed by atoms with Crippen molar-refractivity contribution in [2.24, 2.45) is 0 Å². The Morgan fingerprint density at radius 2 is 1.92 bits per heavy atom. The summed E-state index contributed by atoms with van der Waals surface area (Å²) in [5.74, 6) is 0.262. The van der Waals surface area contributed by atoms with Crippen LogP contribution in [0.2, 0.25) is 0 Å². The highest BCUT2D eigenvalue weighted by Gasteiger charge is 2.26. The Bertz CT molecular complexity index is 777. The summed E-state index contributed by atoms with van der Waals surface area (Å²) in [4.78, 5) is 24.1. The fraction of sp³-hybridized carbons (Fsp3) is 0.421. The van der Waals surface area contributed by atoms with E-state index in [1.165, 1.54) is 10.7 Å². The molecule has 5 heteroatoms. The number of nitrogens with zero attached hydrogens (tertiary/aromatic N) is 2. The SMILES string of the molecule is CC(C)(CNC(=O)Cn1nc(C2CC2)ccc1=O)c1ccccc1. The molecule has 1 aliphatic carbocycles. The molecule has 3 rings (SSSR count). The van der Waals surface area contributed by atoms with Crippen LogP contribution >= 0.6 is 0 Å². The Labute approximate surface area is 141 Å². The van der Waals surface area contributed by atoms with Gasteiger partial charge in [-0.2, -0.15) is 5.10 Å². The zero-order valence-electron chi connectivity index (χ0n) is 14.2. The summed E-state index contributed by atoms with van der Waals surface area (Å²) in [5, 5.41) is 7.24. The molecule has 126 valence electrons. The van der Waals surface area contributed by atoms with E-state index >= 15 is 0 Å². The maximum atomic E-state index is 12.2. The number of carbonyl (C=O) groups excluding carboxylic acids is 1. The maximum Gasteiger partial charge on any atom is 0.267 e. The third-order valence-corrected chi connectivity index (χ3v) is 4.46. The number of hydrogen-bond acceptors (Lipinski definition) is 3. The molecule has 5 nitrogen and oxygen atoms in total. The summed E-state index contributed by atoms with van der Waals surface area (Å²) < 4.78 is 1.26. The van der Waals surface area contributed by atoms with E-state index in [0.29, 0.717) is 12.5 Å². The van der Waals surface area contributed by atoms with Crippen molar-refractivity contribution in [3.8, 4) is 0 Å². The number of rotatable bonds is 6. The van der Waals surface area contributed by atoms with Crippen LogP contribution in [-0.4, -0.2) is 22.2 Å². The molecule has 1 aromatic heterocycles. The van der Waals surface area contributed by atoms with Gasteiger partial charge in [0.15, 0.2) is 0 Å². The minimum atomic E-state index is -0.239. The van der Waals surface area contributed by atoms with Gasteiger partial charge in [-0.3, -0.25) is 9.59 Å². The number of hydrogen-bond donors (Lipinski definition) is 1. The Hall–Kier alpha value is -2.43. The largest absolute Gasteiger partial charge is 0.354 e. The molecule has 0 unspecified atom stereocenters. The van der Waals surface area contributed by atoms with Crippen LogP contribution in [0.1, 0.15) is 43.9 Å². The van der Waals surface area contributed by atoms with Gasteiger partial charge in [0.2, 0.25) is 5.91 Å². The van der Waals surface area contributed by atoms with E-state index in [2.05, 4.69) is 36.4 Å². The molecule has 24 heavy (non-hydrogen) atoms. The predicted molar refractivity (Wildman–Crippen MR) is 92.9 cm³/mol. The molecule has 1 heterocycles. The van der Waals surface area contributed by atoms with Crippen molar-refractivity contribution in [1.29, 1.82) is 0 Å². The summed E-state index contributed by atoms with van der Waals surface area (Å²) in [6.07, 6.45) is 2.23. The molecule has 0 bridgehead atoms. The molecule has 0 radical (unpaired) electrons. The van der Waals surface area contributed by atoms with Crippen LogP contribution in [0.15, 0.2) is 47.3 Å². The van der Waals surface area contributed by atoms with Crippen LogP contribution in [0, 0.1) is 0 Å². The summed E-state index contributed by atoms with van der Waals surface area (Å²) in [5.41, 5.74) is 1.66. The normalized spacial score (nSPS) is 14.4. The van der Waals surface area contributed by atoms with E-state index in [1.807, 2.05) is 18.2 Å². The second-order valence-electron chi connectivity index (χ2n) is 7.05. The van der Waals surface area contributed by atoms with E-state index in [-0.39, 0.29) is 23.4 Å². The lowest BCUT2D eigenvalue weighted by molar-refractivity contribution is -0.122. The minimum absolute atomic E-state index is 0.0374. The van der Waals surface area contributed by atoms with Crippen molar-refractivity contribution in [1.82, 2.24) is 15.1 Å². The topological polar surface area (TPSA) is 64.0 Å². The monoisotopic (exact) mass is 325 g/mol. The molecule has 1 N–H and O–H groups in total. The van der Waals surface area contributed by atoms with Gasteiger partial charge in [0, 0.05) is 23.9 Å². The van der Waals surface area contributed by atoms with Gasteiger partial charge < -0.3 is 5.32 Å². The summed E-state index contributed by atoms with van der Waals surface area (Å²) in [6.45, 7) is 4.64. The highest BCUT2D eigenvalue weighted by atomic mass is 16.2. The van der Waals surface area contributed by atoms with Crippen molar-refractivity contribution in [2.45, 2.75) is 44.6 Å². The second kappa shape index (κ2) is 6.59. The first-order valence-corrected chi connectivity index (χ1v) is 8.36. The van der Waals surface area contributed by atoms with Gasteiger partial charge in [-0.25, -0.2) is 4.68 Å². The molecule has 0 aliphatic heterocycles. The average Bonchev–Trinajstić information content (AvgIpc) is 3.41. The van der Waals surface area contributed by atoms with Crippen LogP contribution in [0.5, 0.6) is 0 Å². The lowest BCUT2D eigenvalue weighted by atomic mass is 9.84. The Kier molecular flexibility index (Phi) is 4.51. The molecule has 2 aromatic rings. The van der Waals surface area contributed by atoms with Crippen molar-refractivity contribution in [2.75, 3.05) is 6.54 Å².